The van der Waals surface area contributed by atoms with Crippen LogP contribution >= 0.6 is 0 Å². The summed E-state index contributed by atoms with van der Waals surface area (Å²) in [5.41, 5.74) is 0. The van der Waals surface area contributed by atoms with Crippen LogP contribution < -0.4 is 10.6 Å². The average molecular weight is 242 g/mol. The monoisotopic (exact) mass is 242 g/mol. The summed E-state index contributed by atoms with van der Waals surface area (Å²) in [6.45, 7) is 5.54. The van der Waals surface area contributed by atoms with Crippen molar-refractivity contribution in [2.75, 3.05) is 19.7 Å². The van der Waals surface area contributed by atoms with Crippen LogP contribution in [0.3, 0.4) is 0 Å². The molecule has 17 heavy (non-hydrogen) atoms. The Kier molecular flexibility index (Phi) is 6.52. The van der Waals surface area contributed by atoms with Crippen LogP contribution in [0.1, 0.15) is 39.5 Å². The molecule has 4 nitrogen and oxygen atoms in total. The highest BCUT2D eigenvalue weighted by Gasteiger charge is 2.26. The highest BCUT2D eigenvalue weighted by Crippen LogP contribution is 2.30. The molecule has 0 aromatic carbocycles. The molecule has 100 valence electrons. The van der Waals surface area contributed by atoms with E-state index in [0.29, 0.717) is 31.0 Å². The van der Waals surface area contributed by atoms with Gasteiger partial charge in [-0.25, -0.2) is 0 Å². The molecule has 1 aliphatic rings. The highest BCUT2D eigenvalue weighted by molar-refractivity contribution is 5.78. The number of rotatable bonds is 7. The van der Waals surface area contributed by atoms with E-state index in [-0.39, 0.29) is 12.5 Å². The molecule has 0 radical (unpaired) electrons. The highest BCUT2D eigenvalue weighted by atomic mass is 16.3. The van der Waals surface area contributed by atoms with Gasteiger partial charge in [0.2, 0.25) is 5.91 Å². The summed E-state index contributed by atoms with van der Waals surface area (Å²) >= 11 is 0. The van der Waals surface area contributed by atoms with Crippen LogP contribution in [0.15, 0.2) is 0 Å². The van der Waals surface area contributed by atoms with Gasteiger partial charge in [0.05, 0.1) is 6.54 Å². The van der Waals surface area contributed by atoms with Gasteiger partial charge < -0.3 is 15.7 Å². The number of carbonyl (C=O) groups excluding carboxylic acids is 1. The summed E-state index contributed by atoms with van der Waals surface area (Å²) in [4.78, 5) is 11.6. The summed E-state index contributed by atoms with van der Waals surface area (Å²) in [5, 5.41) is 15.3. The van der Waals surface area contributed by atoms with Crippen molar-refractivity contribution < 1.29 is 9.90 Å². The summed E-state index contributed by atoms with van der Waals surface area (Å²) < 4.78 is 0. The Morgan fingerprint density at radius 3 is 2.76 bits per heavy atom. The maximum absolute atomic E-state index is 11.6. The van der Waals surface area contributed by atoms with Gasteiger partial charge in [-0.1, -0.05) is 13.3 Å². The third kappa shape index (κ3) is 5.04. The molecule has 3 N–H and O–H groups in total. The zero-order valence-corrected chi connectivity index (χ0v) is 11.0. The van der Waals surface area contributed by atoms with Crippen LogP contribution in [-0.2, 0) is 4.79 Å². The normalized spacial score (nSPS) is 25.8. The van der Waals surface area contributed by atoms with E-state index >= 15 is 0 Å². The van der Waals surface area contributed by atoms with Crippen molar-refractivity contribution in [1.82, 2.24) is 10.6 Å². The van der Waals surface area contributed by atoms with Crippen molar-refractivity contribution in [3.8, 4) is 0 Å². The maximum Gasteiger partial charge on any atom is 0.233 e. The van der Waals surface area contributed by atoms with E-state index in [1.165, 1.54) is 6.42 Å². The molecule has 1 fully saturated rings. The Labute approximate surface area is 104 Å². The number of carbonyl (C=O) groups is 1. The van der Waals surface area contributed by atoms with Crippen LogP contribution in [-0.4, -0.2) is 36.8 Å². The predicted octanol–water partition coefficient (Wildman–Crippen LogP) is 0.899. The molecule has 0 aromatic rings. The Hall–Kier alpha value is -0.610. The van der Waals surface area contributed by atoms with Gasteiger partial charge >= 0.3 is 0 Å². The minimum atomic E-state index is 0.0638. The third-order valence-electron chi connectivity index (χ3n) is 3.84. The van der Waals surface area contributed by atoms with Crippen LogP contribution in [0.25, 0.3) is 0 Å². The fourth-order valence-corrected chi connectivity index (χ4v) is 2.34. The largest absolute Gasteiger partial charge is 0.396 e. The van der Waals surface area contributed by atoms with Crippen LogP contribution in [0, 0.1) is 11.8 Å². The van der Waals surface area contributed by atoms with E-state index in [9.17, 15) is 9.90 Å². The Balaban J connectivity index is 2.15. The molecule has 0 bridgehead atoms. The molecule has 1 aliphatic carbocycles. The van der Waals surface area contributed by atoms with Crippen molar-refractivity contribution in [2.24, 2.45) is 11.8 Å². The molecular formula is C13H26N2O2. The first-order valence-corrected chi connectivity index (χ1v) is 6.78. The van der Waals surface area contributed by atoms with E-state index in [1.807, 2.05) is 0 Å². The molecule has 0 spiro atoms. The molecular weight excluding hydrogens is 216 g/mol. The Bertz CT molecular complexity index is 233. The topological polar surface area (TPSA) is 61.4 Å². The lowest BCUT2D eigenvalue weighted by Gasteiger charge is -2.18. The molecule has 4 heteroatoms. The van der Waals surface area contributed by atoms with E-state index in [0.717, 1.165) is 19.3 Å². The van der Waals surface area contributed by atoms with Gasteiger partial charge in [0, 0.05) is 19.2 Å². The Morgan fingerprint density at radius 2 is 2.12 bits per heavy atom. The summed E-state index contributed by atoms with van der Waals surface area (Å²) in [6.07, 6.45) is 4.44. The molecule has 1 saturated carbocycles. The second kappa shape index (κ2) is 7.67. The first kappa shape index (κ1) is 14.5. The summed E-state index contributed by atoms with van der Waals surface area (Å²) in [5.74, 6) is 0.916. The van der Waals surface area contributed by atoms with Crippen LogP contribution in [0.5, 0.6) is 0 Å². The number of hydrogen-bond acceptors (Lipinski definition) is 3. The fourth-order valence-electron chi connectivity index (χ4n) is 2.34. The second-order valence-corrected chi connectivity index (χ2v) is 5.13. The molecule has 0 aliphatic heterocycles. The average Bonchev–Trinajstić information content (AvgIpc) is 2.80. The number of aliphatic hydroxyl groups is 1. The van der Waals surface area contributed by atoms with Crippen molar-refractivity contribution >= 4 is 5.91 Å². The summed E-state index contributed by atoms with van der Waals surface area (Å²) in [7, 11) is 0. The van der Waals surface area contributed by atoms with Gasteiger partial charge in [0.1, 0.15) is 0 Å². The van der Waals surface area contributed by atoms with Crippen molar-refractivity contribution in [3.05, 3.63) is 0 Å². The fraction of sp³-hybridized carbons (Fsp3) is 0.923. The van der Waals surface area contributed by atoms with Crippen molar-refractivity contribution in [1.29, 1.82) is 0 Å². The lowest BCUT2D eigenvalue weighted by molar-refractivity contribution is -0.120. The first-order valence-electron chi connectivity index (χ1n) is 6.78. The number of hydrogen-bond donors (Lipinski definition) is 3. The van der Waals surface area contributed by atoms with Gasteiger partial charge in [-0.05, 0) is 38.0 Å². The van der Waals surface area contributed by atoms with Gasteiger partial charge in [-0.15, -0.1) is 0 Å². The van der Waals surface area contributed by atoms with Gasteiger partial charge in [0.15, 0.2) is 0 Å². The molecule has 3 atom stereocenters. The van der Waals surface area contributed by atoms with E-state index < -0.39 is 0 Å². The molecule has 0 saturated heterocycles. The van der Waals surface area contributed by atoms with Crippen molar-refractivity contribution in [2.45, 2.75) is 45.6 Å². The van der Waals surface area contributed by atoms with E-state index in [4.69, 9.17) is 0 Å². The minimum absolute atomic E-state index is 0.0638. The lowest BCUT2D eigenvalue weighted by atomic mass is 9.97. The smallest absolute Gasteiger partial charge is 0.233 e. The number of nitrogens with one attached hydrogen (secondary N) is 2. The number of amides is 1. The summed E-state index contributed by atoms with van der Waals surface area (Å²) in [6, 6.07) is 0.387. The van der Waals surface area contributed by atoms with Gasteiger partial charge in [0.25, 0.3) is 0 Å². The lowest BCUT2D eigenvalue weighted by Crippen LogP contribution is -2.40. The van der Waals surface area contributed by atoms with E-state index in [1.54, 1.807) is 0 Å². The van der Waals surface area contributed by atoms with Crippen LogP contribution in [0.2, 0.25) is 0 Å². The molecule has 0 heterocycles. The minimum Gasteiger partial charge on any atom is -0.396 e. The van der Waals surface area contributed by atoms with Gasteiger partial charge in [-0.3, -0.25) is 4.79 Å². The zero-order valence-electron chi connectivity index (χ0n) is 11.0. The quantitative estimate of drug-likeness (QED) is 0.621. The molecule has 1 amide bonds. The second-order valence-electron chi connectivity index (χ2n) is 5.13. The van der Waals surface area contributed by atoms with E-state index in [2.05, 4.69) is 24.5 Å². The Morgan fingerprint density at radius 1 is 1.41 bits per heavy atom. The molecule has 1 rings (SSSR count). The van der Waals surface area contributed by atoms with Gasteiger partial charge in [-0.2, -0.15) is 0 Å². The van der Waals surface area contributed by atoms with Crippen molar-refractivity contribution in [3.63, 3.8) is 0 Å². The molecule has 3 unspecified atom stereocenters. The van der Waals surface area contributed by atoms with Crippen LogP contribution in [0.4, 0.5) is 0 Å². The third-order valence-corrected chi connectivity index (χ3v) is 3.84. The number of aliphatic hydroxyl groups excluding tert-OH is 1. The standard InChI is InChI=1S/C13H26N2O2/c1-3-10(2)14-8-13(17)15-7-11-5-4-6-12(11)9-16/h10-12,14,16H,3-9H2,1-2H3,(H,15,17). The predicted molar refractivity (Wildman–Crippen MR) is 68.7 cm³/mol. The molecule has 0 aromatic heterocycles. The maximum atomic E-state index is 11.6. The zero-order chi connectivity index (χ0) is 12.7. The first-order chi connectivity index (χ1) is 8.17. The SMILES string of the molecule is CCC(C)NCC(=O)NCC1CCCC1CO.